The minimum absolute atomic E-state index is 0. The second-order valence-corrected chi connectivity index (χ2v) is 5.95. The number of aliphatic imine (C=N–C) groups is 1. The molecule has 1 atom stereocenters. The first kappa shape index (κ1) is 20.8. The number of amides is 1. The number of anilines is 2. The lowest BCUT2D eigenvalue weighted by atomic mass is 9.91. The third-order valence-corrected chi connectivity index (χ3v) is 4.26. The molecule has 0 spiro atoms. The van der Waals surface area contributed by atoms with E-state index in [4.69, 9.17) is 15.2 Å². The zero-order valence-electron chi connectivity index (χ0n) is 15.2. The molecule has 144 valence electrons. The van der Waals surface area contributed by atoms with Crippen molar-refractivity contribution in [2.45, 2.75) is 12.3 Å². The van der Waals surface area contributed by atoms with Gasteiger partial charge in [-0.1, -0.05) is 18.2 Å². The number of hydrogen-bond donors (Lipinski definition) is 3. The standard InChI is InChI=1S/C19H22N4O3.HI/c1-25-13-7-8-17(26-2)16(10-13)23-19(20)21-11-12-9-18(24)22-15-6-4-3-5-14(12)15;/h3-8,10,12H,9,11H2,1-2H3,(H,22,24)(H3,20,21,23);1H. The Morgan fingerprint density at radius 3 is 2.78 bits per heavy atom. The second-order valence-electron chi connectivity index (χ2n) is 5.95. The predicted octanol–water partition coefficient (Wildman–Crippen LogP) is 3.17. The highest BCUT2D eigenvalue weighted by Crippen LogP contribution is 2.32. The first-order valence-electron chi connectivity index (χ1n) is 8.28. The summed E-state index contributed by atoms with van der Waals surface area (Å²) in [6.45, 7) is 0.412. The number of benzene rings is 2. The van der Waals surface area contributed by atoms with E-state index in [9.17, 15) is 4.79 Å². The summed E-state index contributed by atoms with van der Waals surface area (Å²) in [6, 6.07) is 13.1. The van der Waals surface area contributed by atoms with E-state index in [1.165, 1.54) is 0 Å². The summed E-state index contributed by atoms with van der Waals surface area (Å²) in [5.41, 5.74) is 8.61. The van der Waals surface area contributed by atoms with E-state index >= 15 is 0 Å². The van der Waals surface area contributed by atoms with Crippen LogP contribution in [0.3, 0.4) is 0 Å². The Morgan fingerprint density at radius 1 is 1.26 bits per heavy atom. The molecule has 1 amide bonds. The summed E-state index contributed by atoms with van der Waals surface area (Å²) < 4.78 is 10.5. The maximum atomic E-state index is 11.9. The van der Waals surface area contributed by atoms with Gasteiger partial charge in [0.15, 0.2) is 5.96 Å². The Morgan fingerprint density at radius 2 is 2.04 bits per heavy atom. The molecule has 3 rings (SSSR count). The van der Waals surface area contributed by atoms with Gasteiger partial charge in [-0.05, 0) is 23.8 Å². The molecule has 0 fully saturated rings. The number of hydrogen-bond acceptors (Lipinski definition) is 4. The van der Waals surface area contributed by atoms with Gasteiger partial charge in [0.2, 0.25) is 5.91 Å². The molecule has 0 aliphatic carbocycles. The van der Waals surface area contributed by atoms with Crippen molar-refractivity contribution >= 4 is 47.2 Å². The lowest BCUT2D eigenvalue weighted by Gasteiger charge is -2.24. The summed E-state index contributed by atoms with van der Waals surface area (Å²) >= 11 is 0. The average molecular weight is 482 g/mol. The van der Waals surface area contributed by atoms with Gasteiger partial charge < -0.3 is 25.8 Å². The van der Waals surface area contributed by atoms with Crippen molar-refractivity contribution in [1.82, 2.24) is 0 Å². The number of nitrogens with two attached hydrogens (primary N) is 1. The number of guanidine groups is 1. The fraction of sp³-hybridized carbons (Fsp3) is 0.263. The summed E-state index contributed by atoms with van der Waals surface area (Å²) in [5.74, 6) is 1.54. The van der Waals surface area contributed by atoms with Crippen LogP contribution >= 0.6 is 24.0 Å². The predicted molar refractivity (Wildman–Crippen MR) is 118 cm³/mol. The molecule has 0 saturated carbocycles. The largest absolute Gasteiger partial charge is 0.497 e. The molecule has 2 aromatic rings. The first-order chi connectivity index (χ1) is 12.6. The Hall–Kier alpha value is -2.49. The minimum Gasteiger partial charge on any atom is -0.497 e. The fourth-order valence-electron chi connectivity index (χ4n) is 2.96. The van der Waals surface area contributed by atoms with Crippen LogP contribution in [-0.4, -0.2) is 32.6 Å². The number of ether oxygens (including phenoxy) is 2. The van der Waals surface area contributed by atoms with Gasteiger partial charge in [-0.15, -0.1) is 24.0 Å². The monoisotopic (exact) mass is 482 g/mol. The van der Waals surface area contributed by atoms with Gasteiger partial charge in [-0.2, -0.15) is 0 Å². The van der Waals surface area contributed by atoms with Crippen molar-refractivity contribution in [3.63, 3.8) is 0 Å². The van der Waals surface area contributed by atoms with Gasteiger partial charge >= 0.3 is 0 Å². The average Bonchev–Trinajstić information content (AvgIpc) is 2.65. The number of nitrogens with zero attached hydrogens (tertiary/aromatic N) is 1. The van der Waals surface area contributed by atoms with Crippen LogP contribution in [-0.2, 0) is 4.79 Å². The van der Waals surface area contributed by atoms with Crippen molar-refractivity contribution in [1.29, 1.82) is 0 Å². The molecule has 1 aliphatic rings. The van der Waals surface area contributed by atoms with Gasteiger partial charge in [0.25, 0.3) is 0 Å². The SMILES string of the molecule is COc1ccc(OC)c(NC(N)=NCC2CC(=O)Nc3ccccc32)c1.I. The number of para-hydroxylation sites is 1. The molecule has 8 heteroatoms. The quantitative estimate of drug-likeness (QED) is 0.346. The molecule has 4 N–H and O–H groups in total. The molecule has 1 heterocycles. The highest BCUT2D eigenvalue weighted by Gasteiger charge is 2.24. The van der Waals surface area contributed by atoms with Crippen LogP contribution < -0.4 is 25.8 Å². The molecule has 0 radical (unpaired) electrons. The summed E-state index contributed by atoms with van der Waals surface area (Å²) in [6.07, 6.45) is 0.385. The Bertz CT molecular complexity index is 841. The van der Waals surface area contributed by atoms with Gasteiger partial charge in [0.1, 0.15) is 11.5 Å². The topological polar surface area (TPSA) is 98.0 Å². The molecule has 0 bridgehead atoms. The van der Waals surface area contributed by atoms with Crippen LogP contribution in [0.25, 0.3) is 0 Å². The van der Waals surface area contributed by atoms with E-state index in [2.05, 4.69) is 15.6 Å². The van der Waals surface area contributed by atoms with Crippen molar-refractivity contribution in [2.75, 3.05) is 31.4 Å². The summed E-state index contributed by atoms with van der Waals surface area (Å²) in [4.78, 5) is 16.3. The van der Waals surface area contributed by atoms with Crippen molar-refractivity contribution < 1.29 is 14.3 Å². The van der Waals surface area contributed by atoms with E-state index in [-0.39, 0.29) is 41.8 Å². The number of carbonyl (C=O) groups is 1. The van der Waals surface area contributed by atoms with Crippen molar-refractivity contribution in [3.8, 4) is 11.5 Å². The zero-order valence-corrected chi connectivity index (χ0v) is 17.5. The minimum atomic E-state index is -0.00936. The Balaban J connectivity index is 0.00000261. The number of methoxy groups -OCH3 is 2. The smallest absolute Gasteiger partial charge is 0.225 e. The Labute approximate surface area is 175 Å². The lowest BCUT2D eigenvalue weighted by molar-refractivity contribution is -0.116. The van der Waals surface area contributed by atoms with E-state index in [0.717, 1.165) is 11.3 Å². The van der Waals surface area contributed by atoms with Crippen molar-refractivity contribution in [2.24, 2.45) is 10.7 Å². The van der Waals surface area contributed by atoms with Crippen molar-refractivity contribution in [3.05, 3.63) is 48.0 Å². The van der Waals surface area contributed by atoms with E-state index in [1.54, 1.807) is 32.4 Å². The van der Waals surface area contributed by atoms with Gasteiger partial charge in [0.05, 0.1) is 26.5 Å². The van der Waals surface area contributed by atoms with E-state index < -0.39 is 0 Å². The highest BCUT2D eigenvalue weighted by molar-refractivity contribution is 14.0. The lowest BCUT2D eigenvalue weighted by Crippen LogP contribution is -2.27. The second kappa shape index (κ2) is 9.45. The van der Waals surface area contributed by atoms with Crippen LogP contribution in [0.4, 0.5) is 11.4 Å². The number of nitrogens with one attached hydrogen (secondary N) is 2. The first-order valence-corrected chi connectivity index (χ1v) is 8.28. The van der Waals surface area contributed by atoms with E-state index in [1.807, 2.05) is 24.3 Å². The number of carbonyl (C=O) groups excluding carboxylic acids is 1. The highest BCUT2D eigenvalue weighted by atomic mass is 127. The van der Waals surface area contributed by atoms with Gasteiger partial charge in [-0.25, -0.2) is 0 Å². The van der Waals surface area contributed by atoms with Crippen LogP contribution in [0.5, 0.6) is 11.5 Å². The van der Waals surface area contributed by atoms with Crippen LogP contribution in [0, 0.1) is 0 Å². The number of rotatable bonds is 5. The van der Waals surface area contributed by atoms with Crippen LogP contribution in [0.2, 0.25) is 0 Å². The third-order valence-electron chi connectivity index (χ3n) is 4.26. The Kier molecular flexibility index (Phi) is 7.28. The maximum Gasteiger partial charge on any atom is 0.225 e. The fourth-order valence-corrected chi connectivity index (χ4v) is 2.96. The van der Waals surface area contributed by atoms with Gasteiger partial charge in [-0.3, -0.25) is 9.79 Å². The molecular formula is C19H23IN4O3. The summed E-state index contributed by atoms with van der Waals surface area (Å²) in [5, 5.41) is 5.91. The van der Waals surface area contributed by atoms with E-state index in [0.29, 0.717) is 30.2 Å². The molecule has 2 aromatic carbocycles. The zero-order chi connectivity index (χ0) is 18.5. The van der Waals surface area contributed by atoms with Crippen LogP contribution in [0.15, 0.2) is 47.5 Å². The molecule has 7 nitrogen and oxygen atoms in total. The normalized spacial score (nSPS) is 15.9. The molecule has 0 aromatic heterocycles. The number of fused-ring (bicyclic) bond motifs is 1. The van der Waals surface area contributed by atoms with Gasteiger partial charge in [0, 0.05) is 24.1 Å². The molecular weight excluding hydrogens is 459 g/mol. The number of halogens is 1. The molecule has 1 unspecified atom stereocenters. The summed E-state index contributed by atoms with van der Waals surface area (Å²) in [7, 11) is 3.17. The maximum absolute atomic E-state index is 11.9. The molecule has 27 heavy (non-hydrogen) atoms. The molecule has 0 saturated heterocycles. The molecule has 1 aliphatic heterocycles. The van der Waals surface area contributed by atoms with Crippen LogP contribution in [0.1, 0.15) is 17.9 Å². The third kappa shape index (κ3) is 5.03.